The third-order valence-electron chi connectivity index (χ3n) is 5.56. The summed E-state index contributed by atoms with van der Waals surface area (Å²) in [5.41, 5.74) is 19.9. The number of anilines is 3. The van der Waals surface area contributed by atoms with Crippen LogP contribution in [-0.4, -0.2) is 19.1 Å². The Morgan fingerprint density at radius 3 is 1.55 bits per heavy atom. The molecular weight excluding hydrogens is 648 g/mol. The third kappa shape index (κ3) is 7.93. The van der Waals surface area contributed by atoms with E-state index in [9.17, 15) is 10.1 Å². The highest BCUT2D eigenvalue weighted by Crippen LogP contribution is 2.40. The molecule has 0 aliphatic rings. The summed E-state index contributed by atoms with van der Waals surface area (Å²) in [6, 6.07) is 21.5. The number of benzene rings is 4. The van der Waals surface area contributed by atoms with E-state index in [0.29, 0.717) is 28.2 Å². The van der Waals surface area contributed by atoms with Gasteiger partial charge in [0.25, 0.3) is 0 Å². The van der Waals surface area contributed by atoms with Crippen molar-refractivity contribution in [3.05, 3.63) is 103 Å². The van der Waals surface area contributed by atoms with Crippen molar-refractivity contribution in [2.24, 2.45) is 0 Å². The van der Waals surface area contributed by atoms with Crippen molar-refractivity contribution in [1.29, 1.82) is 0 Å². The molecule has 0 spiro atoms. The highest BCUT2D eigenvalue weighted by Gasteiger charge is 2.22. The monoisotopic (exact) mass is 674 g/mol. The number of nitrogens with zero attached hydrogens (tertiary/aromatic N) is 1. The first-order chi connectivity index (χ1) is 19.1. The van der Waals surface area contributed by atoms with E-state index in [1.165, 1.54) is 6.07 Å². The Bertz CT molecular complexity index is 1450. The van der Waals surface area contributed by atoms with E-state index in [4.69, 9.17) is 36.1 Å². The van der Waals surface area contributed by atoms with Crippen molar-refractivity contribution in [1.82, 2.24) is 0 Å². The van der Waals surface area contributed by atoms with Gasteiger partial charge in [-0.25, -0.2) is 0 Å². The topological polar surface area (TPSA) is 158 Å². The summed E-state index contributed by atoms with van der Waals surface area (Å²) in [5.74, 6) is 2.23. The maximum Gasteiger partial charge on any atom is 0.334 e. The van der Waals surface area contributed by atoms with Crippen LogP contribution in [0.5, 0.6) is 23.0 Å². The first-order valence-electron chi connectivity index (χ1n) is 11.7. The molecule has 0 amide bonds. The number of nitro benzene ring substituents is 1. The van der Waals surface area contributed by atoms with Gasteiger partial charge in [0.1, 0.15) is 30.4 Å². The SMILES string of the molecule is COc1ccc(COc2c(Br)ccc(N)c2N)cc1.COc1ccc(COc2c(Br)ccc(N)c2[N+](=O)[O-])cc1. The zero-order valence-corrected chi connectivity index (χ0v) is 24.9. The van der Waals surface area contributed by atoms with E-state index in [1.807, 2.05) is 42.5 Å². The second-order valence-corrected chi connectivity index (χ2v) is 9.93. The van der Waals surface area contributed by atoms with Crippen molar-refractivity contribution in [3.8, 4) is 23.0 Å². The molecular formula is C28H28Br2N4O6. The first-order valence-corrected chi connectivity index (χ1v) is 13.3. The molecule has 12 heteroatoms. The molecule has 0 fully saturated rings. The van der Waals surface area contributed by atoms with Gasteiger partial charge in [-0.1, -0.05) is 24.3 Å². The fraction of sp³-hybridized carbons (Fsp3) is 0.143. The zero-order valence-electron chi connectivity index (χ0n) is 21.7. The molecule has 40 heavy (non-hydrogen) atoms. The van der Waals surface area contributed by atoms with Crippen LogP contribution in [0.2, 0.25) is 0 Å². The maximum absolute atomic E-state index is 11.1. The summed E-state index contributed by atoms with van der Waals surface area (Å²) in [7, 11) is 3.22. The molecule has 0 saturated carbocycles. The fourth-order valence-corrected chi connectivity index (χ4v) is 4.27. The van der Waals surface area contributed by atoms with Gasteiger partial charge in [0.05, 0.1) is 39.5 Å². The molecule has 0 aliphatic carbocycles. The molecule has 0 saturated heterocycles. The highest BCUT2D eigenvalue weighted by molar-refractivity contribution is 9.11. The minimum absolute atomic E-state index is 0.0629. The van der Waals surface area contributed by atoms with Crippen LogP contribution in [0.3, 0.4) is 0 Å². The number of ether oxygens (including phenoxy) is 4. The first kappa shape index (κ1) is 30.4. The molecule has 0 aromatic heterocycles. The van der Waals surface area contributed by atoms with E-state index in [2.05, 4.69) is 31.9 Å². The van der Waals surface area contributed by atoms with Gasteiger partial charge in [-0.3, -0.25) is 10.1 Å². The van der Waals surface area contributed by atoms with Gasteiger partial charge in [-0.15, -0.1) is 0 Å². The fourth-order valence-electron chi connectivity index (χ4n) is 3.38. The zero-order chi connectivity index (χ0) is 29.2. The lowest BCUT2D eigenvalue weighted by Crippen LogP contribution is -2.03. The molecule has 4 rings (SSSR count). The highest BCUT2D eigenvalue weighted by atomic mass is 79.9. The molecule has 10 nitrogen and oxygen atoms in total. The molecule has 4 aromatic rings. The lowest BCUT2D eigenvalue weighted by molar-refractivity contribution is -0.385. The van der Waals surface area contributed by atoms with Crippen LogP contribution in [0, 0.1) is 10.1 Å². The Morgan fingerprint density at radius 2 is 1.10 bits per heavy atom. The van der Waals surface area contributed by atoms with Gasteiger partial charge in [0.2, 0.25) is 5.75 Å². The molecule has 4 aromatic carbocycles. The molecule has 0 radical (unpaired) electrons. The second-order valence-electron chi connectivity index (χ2n) is 8.22. The van der Waals surface area contributed by atoms with E-state index in [-0.39, 0.29) is 23.7 Å². The van der Waals surface area contributed by atoms with Gasteiger partial charge < -0.3 is 36.1 Å². The molecule has 0 atom stereocenters. The predicted molar refractivity (Wildman–Crippen MR) is 163 cm³/mol. The number of nitrogens with two attached hydrogens (primary N) is 3. The standard InChI is InChI=1S/C14H13BrN2O4.C14H15BrN2O2/c1-20-10-4-2-9(3-5-10)8-21-14-11(15)6-7-12(16)13(14)17(18)19;1-18-10-4-2-9(3-5-10)8-19-14-11(15)6-7-12(16)13(14)17/h2-7H,8,16H2,1H3;2-7H,8,16-17H2,1H3. The van der Waals surface area contributed by atoms with E-state index in [1.54, 1.807) is 38.5 Å². The quantitative estimate of drug-likeness (QED) is 0.0993. The lowest BCUT2D eigenvalue weighted by atomic mass is 10.2. The molecule has 210 valence electrons. The number of halogens is 2. The van der Waals surface area contributed by atoms with Crippen LogP contribution in [0.15, 0.2) is 81.7 Å². The summed E-state index contributed by atoms with van der Waals surface area (Å²) in [4.78, 5) is 10.5. The average molecular weight is 676 g/mol. The number of hydrogen-bond donors (Lipinski definition) is 3. The summed E-state index contributed by atoms with van der Waals surface area (Å²) < 4.78 is 22.7. The number of hydrogen-bond acceptors (Lipinski definition) is 9. The Labute approximate surface area is 248 Å². The smallest absolute Gasteiger partial charge is 0.334 e. The van der Waals surface area contributed by atoms with Crippen molar-refractivity contribution in [2.75, 3.05) is 31.4 Å². The van der Waals surface area contributed by atoms with Crippen LogP contribution >= 0.6 is 31.9 Å². The number of nitrogen functional groups attached to an aromatic ring is 3. The Kier molecular flexibility index (Phi) is 10.9. The van der Waals surface area contributed by atoms with Crippen LogP contribution in [0.4, 0.5) is 22.7 Å². The van der Waals surface area contributed by atoms with Gasteiger partial charge in [-0.05, 0) is 91.5 Å². The van der Waals surface area contributed by atoms with Crippen LogP contribution < -0.4 is 36.1 Å². The minimum atomic E-state index is -0.552. The van der Waals surface area contributed by atoms with Crippen molar-refractivity contribution in [2.45, 2.75) is 13.2 Å². The van der Waals surface area contributed by atoms with E-state index < -0.39 is 4.92 Å². The molecule has 0 heterocycles. The van der Waals surface area contributed by atoms with Crippen molar-refractivity contribution >= 4 is 54.6 Å². The van der Waals surface area contributed by atoms with Crippen molar-refractivity contribution in [3.63, 3.8) is 0 Å². The lowest BCUT2D eigenvalue weighted by Gasteiger charge is -2.12. The number of methoxy groups -OCH3 is 2. The summed E-state index contributed by atoms with van der Waals surface area (Å²) in [6.45, 7) is 0.600. The second kappa shape index (κ2) is 14.3. The molecule has 0 aliphatic heterocycles. The van der Waals surface area contributed by atoms with Gasteiger partial charge in [0, 0.05) is 0 Å². The Morgan fingerprint density at radius 1 is 0.675 bits per heavy atom. The van der Waals surface area contributed by atoms with Crippen LogP contribution in [0.25, 0.3) is 0 Å². The van der Waals surface area contributed by atoms with Crippen LogP contribution in [0.1, 0.15) is 11.1 Å². The van der Waals surface area contributed by atoms with E-state index in [0.717, 1.165) is 27.1 Å². The minimum Gasteiger partial charge on any atom is -0.497 e. The van der Waals surface area contributed by atoms with Crippen LogP contribution in [-0.2, 0) is 13.2 Å². The van der Waals surface area contributed by atoms with Crippen molar-refractivity contribution < 1.29 is 23.9 Å². The van der Waals surface area contributed by atoms with Gasteiger partial charge in [-0.2, -0.15) is 0 Å². The normalized spacial score (nSPS) is 10.2. The Hall–Kier alpha value is -4.16. The number of rotatable bonds is 9. The number of nitro groups is 1. The third-order valence-corrected chi connectivity index (χ3v) is 6.81. The van der Waals surface area contributed by atoms with Gasteiger partial charge >= 0.3 is 5.69 Å². The molecule has 0 unspecified atom stereocenters. The Balaban J connectivity index is 0.000000222. The predicted octanol–water partition coefficient (Wildman–Crippen LogP) is 6.73. The van der Waals surface area contributed by atoms with E-state index >= 15 is 0 Å². The van der Waals surface area contributed by atoms with Gasteiger partial charge in [0.15, 0.2) is 5.75 Å². The largest absolute Gasteiger partial charge is 0.497 e. The summed E-state index contributed by atoms with van der Waals surface area (Å²) in [6.07, 6.45) is 0. The summed E-state index contributed by atoms with van der Waals surface area (Å²) in [5, 5.41) is 11.1. The summed E-state index contributed by atoms with van der Waals surface area (Å²) >= 11 is 6.64. The maximum atomic E-state index is 11.1. The molecule has 6 N–H and O–H groups in total. The molecule has 0 bridgehead atoms. The average Bonchev–Trinajstić information content (AvgIpc) is 2.96.